The lowest BCUT2D eigenvalue weighted by Crippen LogP contribution is -2.42. The molecule has 1 aliphatic rings. The van der Waals surface area contributed by atoms with E-state index in [2.05, 4.69) is 55.3 Å². The summed E-state index contributed by atoms with van der Waals surface area (Å²) in [6.07, 6.45) is 2.23. The van der Waals surface area contributed by atoms with E-state index in [1.54, 1.807) is 0 Å². The molecule has 0 spiro atoms. The predicted octanol–water partition coefficient (Wildman–Crippen LogP) is 2.77. The van der Waals surface area contributed by atoms with Crippen LogP contribution >= 0.6 is 0 Å². The normalized spacial score (nSPS) is 19.2. The summed E-state index contributed by atoms with van der Waals surface area (Å²) < 4.78 is 0. The lowest BCUT2D eigenvalue weighted by Gasteiger charge is -2.26. The van der Waals surface area contributed by atoms with E-state index in [4.69, 9.17) is 0 Å². The standard InChI is InChI=1S/C17H26N2O/c1-12(2)13(3)18-17(20)11-19(4)16-10-9-14-7-5-6-8-15(14)16/h5-8,12-13,16H,9-11H2,1-4H3,(H,18,20). The summed E-state index contributed by atoms with van der Waals surface area (Å²) in [6, 6.07) is 9.19. The number of fused-ring (bicyclic) bond motifs is 1. The van der Waals surface area contributed by atoms with Gasteiger partial charge in [0, 0.05) is 12.1 Å². The third-order valence-electron chi connectivity index (χ3n) is 4.41. The van der Waals surface area contributed by atoms with Gasteiger partial charge in [-0.3, -0.25) is 9.69 Å². The molecular formula is C17H26N2O. The molecule has 0 heterocycles. The fraction of sp³-hybridized carbons (Fsp3) is 0.588. The van der Waals surface area contributed by atoms with Crippen molar-refractivity contribution in [2.45, 2.75) is 45.7 Å². The lowest BCUT2D eigenvalue weighted by atomic mass is 10.1. The van der Waals surface area contributed by atoms with Crippen LogP contribution in [0.4, 0.5) is 0 Å². The van der Waals surface area contributed by atoms with Crippen LogP contribution in [0.1, 0.15) is 44.4 Å². The van der Waals surface area contributed by atoms with Gasteiger partial charge in [0.25, 0.3) is 0 Å². The molecule has 0 aliphatic heterocycles. The molecule has 1 aromatic rings. The highest BCUT2D eigenvalue weighted by molar-refractivity contribution is 5.78. The Morgan fingerprint density at radius 1 is 1.35 bits per heavy atom. The van der Waals surface area contributed by atoms with Crippen molar-refractivity contribution in [1.82, 2.24) is 10.2 Å². The Morgan fingerprint density at radius 3 is 2.75 bits per heavy atom. The molecule has 0 saturated heterocycles. The third-order valence-corrected chi connectivity index (χ3v) is 4.41. The number of amides is 1. The number of carbonyl (C=O) groups excluding carboxylic acids is 1. The monoisotopic (exact) mass is 274 g/mol. The SMILES string of the molecule is CC(C)C(C)NC(=O)CN(C)C1CCc2ccccc21. The highest BCUT2D eigenvalue weighted by Gasteiger charge is 2.26. The first kappa shape index (κ1) is 15.0. The van der Waals surface area contributed by atoms with E-state index in [1.165, 1.54) is 11.1 Å². The first-order valence-corrected chi connectivity index (χ1v) is 7.56. The fourth-order valence-corrected chi connectivity index (χ4v) is 2.80. The second-order valence-corrected chi connectivity index (χ2v) is 6.27. The molecule has 20 heavy (non-hydrogen) atoms. The first-order chi connectivity index (χ1) is 9.49. The Labute approximate surface area is 122 Å². The molecule has 0 bridgehead atoms. The van der Waals surface area contributed by atoms with Gasteiger partial charge >= 0.3 is 0 Å². The van der Waals surface area contributed by atoms with Crippen LogP contribution in [0.25, 0.3) is 0 Å². The van der Waals surface area contributed by atoms with Gasteiger partial charge in [-0.05, 0) is 43.9 Å². The van der Waals surface area contributed by atoms with Crippen LogP contribution in [0.2, 0.25) is 0 Å². The summed E-state index contributed by atoms with van der Waals surface area (Å²) in [5.41, 5.74) is 2.82. The van der Waals surface area contributed by atoms with Gasteiger partial charge in [-0.25, -0.2) is 0 Å². The van der Waals surface area contributed by atoms with Gasteiger partial charge in [0.2, 0.25) is 5.91 Å². The van der Waals surface area contributed by atoms with Gasteiger partial charge < -0.3 is 5.32 Å². The first-order valence-electron chi connectivity index (χ1n) is 7.56. The van der Waals surface area contributed by atoms with E-state index in [0.29, 0.717) is 18.5 Å². The van der Waals surface area contributed by atoms with Crippen LogP contribution in [0.5, 0.6) is 0 Å². The summed E-state index contributed by atoms with van der Waals surface area (Å²) in [5, 5.41) is 3.08. The van der Waals surface area contributed by atoms with Gasteiger partial charge in [0.05, 0.1) is 6.54 Å². The minimum Gasteiger partial charge on any atom is -0.352 e. The van der Waals surface area contributed by atoms with Crippen molar-refractivity contribution in [3.05, 3.63) is 35.4 Å². The second kappa shape index (κ2) is 6.40. The van der Waals surface area contributed by atoms with Gasteiger partial charge in [-0.1, -0.05) is 38.1 Å². The van der Waals surface area contributed by atoms with Crippen molar-refractivity contribution in [1.29, 1.82) is 0 Å². The second-order valence-electron chi connectivity index (χ2n) is 6.27. The Balaban J connectivity index is 1.93. The molecule has 3 nitrogen and oxygen atoms in total. The molecule has 2 atom stereocenters. The van der Waals surface area contributed by atoms with Crippen LogP contribution < -0.4 is 5.32 Å². The van der Waals surface area contributed by atoms with Gasteiger partial charge in [0.15, 0.2) is 0 Å². The van der Waals surface area contributed by atoms with Crippen molar-refractivity contribution >= 4 is 5.91 Å². The topological polar surface area (TPSA) is 32.3 Å². The molecule has 0 fully saturated rings. The largest absolute Gasteiger partial charge is 0.352 e. The van der Waals surface area contributed by atoms with Crippen LogP contribution in [0.3, 0.4) is 0 Å². The lowest BCUT2D eigenvalue weighted by molar-refractivity contribution is -0.123. The van der Waals surface area contributed by atoms with Crippen LogP contribution in [0, 0.1) is 5.92 Å². The number of rotatable bonds is 5. The number of benzene rings is 1. The summed E-state index contributed by atoms with van der Waals surface area (Å²) >= 11 is 0. The highest BCUT2D eigenvalue weighted by Crippen LogP contribution is 2.34. The zero-order valence-corrected chi connectivity index (χ0v) is 13.0. The Kier molecular flexibility index (Phi) is 4.81. The van der Waals surface area contributed by atoms with E-state index in [-0.39, 0.29) is 11.9 Å². The van der Waals surface area contributed by atoms with E-state index < -0.39 is 0 Å². The smallest absolute Gasteiger partial charge is 0.234 e. The fourth-order valence-electron chi connectivity index (χ4n) is 2.80. The average Bonchev–Trinajstić information content (AvgIpc) is 2.82. The molecule has 0 aromatic heterocycles. The number of hydrogen-bond donors (Lipinski definition) is 1. The molecule has 1 N–H and O–H groups in total. The van der Waals surface area contributed by atoms with E-state index in [0.717, 1.165) is 12.8 Å². The average molecular weight is 274 g/mol. The Bertz CT molecular complexity index is 470. The molecule has 2 unspecified atom stereocenters. The van der Waals surface area contributed by atoms with Crippen molar-refractivity contribution in [3.8, 4) is 0 Å². The summed E-state index contributed by atoms with van der Waals surface area (Å²) in [4.78, 5) is 14.3. The summed E-state index contributed by atoms with van der Waals surface area (Å²) in [6.45, 7) is 6.78. The van der Waals surface area contributed by atoms with E-state index in [9.17, 15) is 4.79 Å². The zero-order valence-electron chi connectivity index (χ0n) is 13.0. The quantitative estimate of drug-likeness (QED) is 0.895. The maximum absolute atomic E-state index is 12.1. The summed E-state index contributed by atoms with van der Waals surface area (Å²) in [5.74, 6) is 0.592. The number of nitrogens with one attached hydrogen (secondary N) is 1. The number of carbonyl (C=O) groups is 1. The number of hydrogen-bond acceptors (Lipinski definition) is 2. The van der Waals surface area contributed by atoms with Crippen LogP contribution in [-0.4, -0.2) is 30.4 Å². The maximum atomic E-state index is 12.1. The predicted molar refractivity (Wildman–Crippen MR) is 82.6 cm³/mol. The van der Waals surface area contributed by atoms with Crippen molar-refractivity contribution in [3.63, 3.8) is 0 Å². The molecule has 1 aliphatic carbocycles. The van der Waals surface area contributed by atoms with Crippen molar-refractivity contribution in [2.75, 3.05) is 13.6 Å². The van der Waals surface area contributed by atoms with Crippen molar-refractivity contribution < 1.29 is 4.79 Å². The van der Waals surface area contributed by atoms with Gasteiger partial charge in [0.1, 0.15) is 0 Å². The van der Waals surface area contributed by atoms with Crippen LogP contribution in [-0.2, 0) is 11.2 Å². The summed E-state index contributed by atoms with van der Waals surface area (Å²) in [7, 11) is 2.05. The number of likely N-dealkylation sites (N-methyl/N-ethyl adjacent to an activating group) is 1. The van der Waals surface area contributed by atoms with Gasteiger partial charge in [-0.15, -0.1) is 0 Å². The molecule has 0 radical (unpaired) electrons. The minimum atomic E-state index is 0.123. The van der Waals surface area contributed by atoms with Crippen molar-refractivity contribution in [2.24, 2.45) is 5.92 Å². The highest BCUT2D eigenvalue weighted by atomic mass is 16.2. The molecule has 110 valence electrons. The Morgan fingerprint density at radius 2 is 2.05 bits per heavy atom. The number of aryl methyl sites for hydroxylation is 1. The molecule has 0 saturated carbocycles. The molecular weight excluding hydrogens is 248 g/mol. The van der Waals surface area contributed by atoms with Gasteiger partial charge in [-0.2, -0.15) is 0 Å². The van der Waals surface area contributed by atoms with E-state index in [1.807, 2.05) is 7.05 Å². The molecule has 1 amide bonds. The Hall–Kier alpha value is -1.35. The minimum absolute atomic E-state index is 0.123. The van der Waals surface area contributed by atoms with Crippen LogP contribution in [0.15, 0.2) is 24.3 Å². The zero-order chi connectivity index (χ0) is 14.7. The maximum Gasteiger partial charge on any atom is 0.234 e. The number of nitrogens with zero attached hydrogens (tertiary/aromatic N) is 1. The molecule has 1 aromatic carbocycles. The van der Waals surface area contributed by atoms with E-state index >= 15 is 0 Å². The molecule has 3 heteroatoms. The third kappa shape index (κ3) is 3.40. The molecule has 2 rings (SSSR count).